The summed E-state index contributed by atoms with van der Waals surface area (Å²) in [7, 11) is 0. The molecule has 19 heavy (non-hydrogen) atoms. The number of nitrogens with zero attached hydrogens (tertiary/aromatic N) is 2. The molecule has 1 aromatic rings. The smallest absolute Gasteiger partial charge is 0.433 e. The summed E-state index contributed by atoms with van der Waals surface area (Å²) >= 11 is 0. The average Bonchev–Trinajstić information content (AvgIpc) is 3.04. The van der Waals surface area contributed by atoms with Gasteiger partial charge in [-0.15, -0.1) is 0 Å². The van der Waals surface area contributed by atoms with Crippen LogP contribution in [0.25, 0.3) is 0 Å². The fourth-order valence-corrected chi connectivity index (χ4v) is 2.09. The zero-order chi connectivity index (χ0) is 14.2. The van der Waals surface area contributed by atoms with Gasteiger partial charge in [0, 0.05) is 0 Å². The highest BCUT2D eigenvalue weighted by Gasteiger charge is 2.43. The Labute approximate surface area is 108 Å². The molecule has 1 heterocycles. The molecular weight excluding hydrogens is 261 g/mol. The summed E-state index contributed by atoms with van der Waals surface area (Å²) in [6.07, 6.45) is -1.89. The van der Waals surface area contributed by atoms with E-state index in [1.165, 1.54) is 0 Å². The Kier molecular flexibility index (Phi) is 3.56. The van der Waals surface area contributed by atoms with Crippen LogP contribution in [0.3, 0.4) is 0 Å². The number of hydrogen-bond acceptors (Lipinski definition) is 3. The predicted octanol–water partition coefficient (Wildman–Crippen LogP) is 3.05. The fourth-order valence-electron chi connectivity index (χ4n) is 2.09. The number of esters is 1. The van der Waals surface area contributed by atoms with Gasteiger partial charge in [-0.3, -0.25) is 4.68 Å². The predicted molar refractivity (Wildman–Crippen MR) is 60.6 cm³/mol. The number of carbonyl (C=O) groups is 1. The van der Waals surface area contributed by atoms with Gasteiger partial charge in [0.2, 0.25) is 0 Å². The van der Waals surface area contributed by atoms with Crippen molar-refractivity contribution in [3.63, 3.8) is 0 Å². The van der Waals surface area contributed by atoms with E-state index >= 15 is 0 Å². The van der Waals surface area contributed by atoms with Gasteiger partial charge in [-0.25, -0.2) is 4.79 Å². The molecule has 0 N–H and O–H groups in total. The van der Waals surface area contributed by atoms with Gasteiger partial charge in [-0.1, -0.05) is 0 Å². The number of aromatic nitrogens is 2. The number of halogens is 3. The van der Waals surface area contributed by atoms with Gasteiger partial charge in [0.05, 0.1) is 18.8 Å². The van der Waals surface area contributed by atoms with Crippen LogP contribution in [0.2, 0.25) is 0 Å². The summed E-state index contributed by atoms with van der Waals surface area (Å²) in [5, 5.41) is 3.74. The van der Waals surface area contributed by atoms with E-state index in [1.54, 1.807) is 13.8 Å². The highest BCUT2D eigenvalue weighted by atomic mass is 19.4. The van der Waals surface area contributed by atoms with Crippen LogP contribution in [0.1, 0.15) is 48.8 Å². The lowest BCUT2D eigenvalue weighted by molar-refractivity contribution is -0.145. The molecule has 0 saturated heterocycles. The molecular formula is C12H15F3N2O2. The molecule has 0 spiro atoms. The van der Waals surface area contributed by atoms with Crippen molar-refractivity contribution in [1.29, 1.82) is 0 Å². The molecule has 106 valence electrons. The highest BCUT2D eigenvalue weighted by Crippen LogP contribution is 2.42. The van der Waals surface area contributed by atoms with Crippen LogP contribution in [-0.2, 0) is 10.9 Å². The molecule has 1 unspecified atom stereocenters. The first-order chi connectivity index (χ1) is 8.86. The molecule has 1 fully saturated rings. The molecule has 4 nitrogen and oxygen atoms in total. The quantitative estimate of drug-likeness (QED) is 0.794. The molecule has 0 amide bonds. The molecule has 1 saturated carbocycles. The molecule has 0 radical (unpaired) electrons. The Bertz CT molecular complexity index is 478. The SMILES string of the molecule is CCOC(=O)c1cnn(C(C)C2CC2)c1C(F)(F)F. The topological polar surface area (TPSA) is 44.1 Å². The molecule has 1 aliphatic carbocycles. The Morgan fingerprint density at radius 3 is 2.68 bits per heavy atom. The first-order valence-corrected chi connectivity index (χ1v) is 6.18. The summed E-state index contributed by atoms with van der Waals surface area (Å²) < 4.78 is 44.9. The lowest BCUT2D eigenvalue weighted by Gasteiger charge is -2.17. The van der Waals surface area contributed by atoms with Gasteiger partial charge in [-0.05, 0) is 32.6 Å². The van der Waals surface area contributed by atoms with Crippen molar-refractivity contribution in [2.45, 2.75) is 38.9 Å². The van der Waals surface area contributed by atoms with Gasteiger partial charge in [0.25, 0.3) is 0 Å². The maximum absolute atomic E-state index is 13.1. The first-order valence-electron chi connectivity index (χ1n) is 6.18. The second-order valence-corrected chi connectivity index (χ2v) is 4.65. The third-order valence-corrected chi connectivity index (χ3v) is 3.25. The molecule has 0 bridgehead atoms. The number of rotatable bonds is 4. The van der Waals surface area contributed by atoms with Crippen molar-refractivity contribution >= 4 is 5.97 Å². The second kappa shape index (κ2) is 4.86. The summed E-state index contributed by atoms with van der Waals surface area (Å²) in [6.45, 7) is 3.26. The number of carbonyl (C=O) groups excluding carboxylic acids is 1. The van der Waals surface area contributed by atoms with E-state index in [9.17, 15) is 18.0 Å². The number of ether oxygens (including phenoxy) is 1. The van der Waals surface area contributed by atoms with E-state index in [0.29, 0.717) is 0 Å². The summed E-state index contributed by atoms with van der Waals surface area (Å²) in [4.78, 5) is 11.6. The van der Waals surface area contributed by atoms with E-state index in [2.05, 4.69) is 9.84 Å². The van der Waals surface area contributed by atoms with Gasteiger partial charge in [-0.2, -0.15) is 18.3 Å². The largest absolute Gasteiger partial charge is 0.462 e. The van der Waals surface area contributed by atoms with E-state index in [0.717, 1.165) is 23.7 Å². The fraction of sp³-hybridized carbons (Fsp3) is 0.667. The van der Waals surface area contributed by atoms with Crippen LogP contribution in [0, 0.1) is 5.92 Å². The van der Waals surface area contributed by atoms with Gasteiger partial charge >= 0.3 is 12.1 Å². The van der Waals surface area contributed by atoms with Crippen molar-refractivity contribution in [3.05, 3.63) is 17.5 Å². The van der Waals surface area contributed by atoms with E-state index in [4.69, 9.17) is 0 Å². The summed E-state index contributed by atoms with van der Waals surface area (Å²) in [6, 6.07) is -0.361. The van der Waals surface area contributed by atoms with Crippen LogP contribution in [0.15, 0.2) is 6.20 Å². The lowest BCUT2D eigenvalue weighted by atomic mass is 10.2. The molecule has 0 aromatic carbocycles. The summed E-state index contributed by atoms with van der Waals surface area (Å²) in [5.41, 5.74) is -1.52. The van der Waals surface area contributed by atoms with Gasteiger partial charge in [0.15, 0.2) is 5.69 Å². The van der Waals surface area contributed by atoms with Crippen molar-refractivity contribution in [1.82, 2.24) is 9.78 Å². The van der Waals surface area contributed by atoms with Crippen molar-refractivity contribution in [3.8, 4) is 0 Å². The third kappa shape index (κ3) is 2.74. The van der Waals surface area contributed by atoms with Crippen LogP contribution in [0.5, 0.6) is 0 Å². The number of hydrogen-bond donors (Lipinski definition) is 0. The highest BCUT2D eigenvalue weighted by molar-refractivity contribution is 5.90. The maximum Gasteiger partial charge on any atom is 0.433 e. The van der Waals surface area contributed by atoms with Gasteiger partial charge in [0.1, 0.15) is 5.56 Å². The van der Waals surface area contributed by atoms with E-state index < -0.39 is 23.4 Å². The zero-order valence-corrected chi connectivity index (χ0v) is 10.7. The van der Waals surface area contributed by atoms with Crippen molar-refractivity contribution in [2.75, 3.05) is 6.61 Å². The molecule has 0 aliphatic heterocycles. The zero-order valence-electron chi connectivity index (χ0n) is 10.7. The standard InChI is InChI=1S/C12H15F3N2O2/c1-3-19-11(18)9-6-16-17(7(2)8-4-5-8)10(9)12(13,14)15/h6-8H,3-5H2,1-2H3. The first kappa shape index (κ1) is 13.9. The Hall–Kier alpha value is -1.53. The Morgan fingerprint density at radius 2 is 2.21 bits per heavy atom. The molecule has 1 atom stereocenters. The van der Waals surface area contributed by atoms with Crippen LogP contribution in [0.4, 0.5) is 13.2 Å². The maximum atomic E-state index is 13.1. The van der Waals surface area contributed by atoms with Gasteiger partial charge < -0.3 is 4.74 Å². The molecule has 7 heteroatoms. The van der Waals surface area contributed by atoms with Crippen molar-refractivity contribution < 1.29 is 22.7 Å². The number of alkyl halides is 3. The molecule has 1 aromatic heterocycles. The second-order valence-electron chi connectivity index (χ2n) is 4.65. The summed E-state index contributed by atoms with van der Waals surface area (Å²) in [5.74, 6) is -0.778. The molecule has 1 aliphatic rings. The Morgan fingerprint density at radius 1 is 1.58 bits per heavy atom. The van der Waals surface area contributed by atoms with Crippen LogP contribution >= 0.6 is 0 Å². The average molecular weight is 276 g/mol. The minimum Gasteiger partial charge on any atom is -0.462 e. The van der Waals surface area contributed by atoms with Crippen molar-refractivity contribution in [2.24, 2.45) is 5.92 Å². The van der Waals surface area contributed by atoms with Crippen LogP contribution < -0.4 is 0 Å². The minimum atomic E-state index is -4.62. The molecule has 2 rings (SSSR count). The van der Waals surface area contributed by atoms with Crippen LogP contribution in [-0.4, -0.2) is 22.4 Å². The monoisotopic (exact) mass is 276 g/mol. The lowest BCUT2D eigenvalue weighted by Crippen LogP contribution is -2.22. The van der Waals surface area contributed by atoms with E-state index in [-0.39, 0.29) is 18.6 Å². The Balaban J connectivity index is 2.41. The third-order valence-electron chi connectivity index (χ3n) is 3.25. The minimum absolute atomic E-state index is 0.0273. The normalized spacial score (nSPS) is 17.3. The van der Waals surface area contributed by atoms with E-state index in [1.807, 2.05) is 0 Å².